The lowest BCUT2D eigenvalue weighted by Crippen LogP contribution is -2.10. The SMILES string of the molecule is CC(Nc1ccnc(NN)c1)c1cccc(Br)c1. The van der Waals surface area contributed by atoms with E-state index in [4.69, 9.17) is 5.84 Å². The molecule has 18 heavy (non-hydrogen) atoms. The average molecular weight is 307 g/mol. The number of anilines is 2. The first-order valence-corrected chi connectivity index (χ1v) is 6.43. The van der Waals surface area contributed by atoms with Crippen molar-refractivity contribution in [1.29, 1.82) is 0 Å². The standard InChI is InChI=1S/C13H15BrN4/c1-9(10-3-2-4-11(14)7-10)17-12-5-6-16-13(8-12)18-15/h2-9H,15H2,1H3,(H2,16,17,18). The molecule has 1 unspecified atom stereocenters. The summed E-state index contributed by atoms with van der Waals surface area (Å²) in [5.41, 5.74) is 4.72. The second kappa shape index (κ2) is 5.84. The van der Waals surface area contributed by atoms with Crippen molar-refractivity contribution in [2.24, 2.45) is 5.84 Å². The van der Waals surface area contributed by atoms with Gasteiger partial charge in [0.15, 0.2) is 0 Å². The number of nitrogens with one attached hydrogen (secondary N) is 2. The highest BCUT2D eigenvalue weighted by molar-refractivity contribution is 9.10. The lowest BCUT2D eigenvalue weighted by molar-refractivity contribution is 0.883. The molecule has 5 heteroatoms. The Morgan fingerprint density at radius 1 is 1.28 bits per heavy atom. The van der Waals surface area contributed by atoms with Crippen LogP contribution in [0.25, 0.3) is 0 Å². The van der Waals surface area contributed by atoms with Crippen molar-refractivity contribution in [3.05, 3.63) is 52.6 Å². The highest BCUT2D eigenvalue weighted by Gasteiger charge is 2.06. The molecule has 1 heterocycles. The summed E-state index contributed by atoms with van der Waals surface area (Å²) in [6, 6.07) is 12.2. The third-order valence-electron chi connectivity index (χ3n) is 2.64. The van der Waals surface area contributed by atoms with Gasteiger partial charge < -0.3 is 10.7 Å². The molecule has 4 N–H and O–H groups in total. The molecular formula is C13H15BrN4. The molecule has 0 fully saturated rings. The van der Waals surface area contributed by atoms with Crippen molar-refractivity contribution < 1.29 is 0 Å². The topological polar surface area (TPSA) is 63.0 Å². The molecule has 0 aliphatic carbocycles. The lowest BCUT2D eigenvalue weighted by atomic mass is 10.1. The molecule has 1 atom stereocenters. The van der Waals surface area contributed by atoms with Gasteiger partial charge in [0.25, 0.3) is 0 Å². The Labute approximate surface area is 115 Å². The molecule has 0 spiro atoms. The molecule has 1 aromatic carbocycles. The summed E-state index contributed by atoms with van der Waals surface area (Å²) >= 11 is 3.47. The molecule has 94 valence electrons. The van der Waals surface area contributed by atoms with Gasteiger partial charge in [-0.1, -0.05) is 28.1 Å². The Balaban J connectivity index is 2.13. The van der Waals surface area contributed by atoms with Crippen molar-refractivity contribution in [1.82, 2.24) is 4.98 Å². The Bertz CT molecular complexity index is 530. The van der Waals surface area contributed by atoms with Crippen molar-refractivity contribution in [3.8, 4) is 0 Å². The number of hydrogen-bond acceptors (Lipinski definition) is 4. The minimum Gasteiger partial charge on any atom is -0.378 e. The average Bonchev–Trinajstić information content (AvgIpc) is 2.39. The Kier molecular flexibility index (Phi) is 4.17. The minimum atomic E-state index is 0.204. The number of hydrogen-bond donors (Lipinski definition) is 3. The second-order valence-electron chi connectivity index (χ2n) is 4.00. The summed E-state index contributed by atoms with van der Waals surface area (Å²) < 4.78 is 1.08. The van der Waals surface area contributed by atoms with Crippen LogP contribution >= 0.6 is 15.9 Å². The number of pyridine rings is 1. The third kappa shape index (κ3) is 3.21. The van der Waals surface area contributed by atoms with Gasteiger partial charge in [-0.2, -0.15) is 0 Å². The zero-order valence-corrected chi connectivity index (χ0v) is 11.6. The van der Waals surface area contributed by atoms with Crippen LogP contribution in [0.5, 0.6) is 0 Å². The van der Waals surface area contributed by atoms with E-state index in [0.717, 1.165) is 10.2 Å². The molecule has 0 saturated carbocycles. The molecule has 0 aliphatic heterocycles. The fourth-order valence-electron chi connectivity index (χ4n) is 1.71. The van der Waals surface area contributed by atoms with Crippen LogP contribution in [0.1, 0.15) is 18.5 Å². The van der Waals surface area contributed by atoms with Crippen molar-refractivity contribution in [3.63, 3.8) is 0 Å². The normalized spacial score (nSPS) is 11.9. The van der Waals surface area contributed by atoms with Gasteiger partial charge in [-0.25, -0.2) is 10.8 Å². The highest BCUT2D eigenvalue weighted by atomic mass is 79.9. The van der Waals surface area contributed by atoms with E-state index in [9.17, 15) is 0 Å². The van der Waals surface area contributed by atoms with Crippen LogP contribution in [-0.4, -0.2) is 4.98 Å². The number of rotatable bonds is 4. The second-order valence-corrected chi connectivity index (χ2v) is 4.91. The van der Waals surface area contributed by atoms with Gasteiger partial charge in [0, 0.05) is 28.5 Å². The monoisotopic (exact) mass is 306 g/mol. The van der Waals surface area contributed by atoms with Gasteiger partial charge in [-0.3, -0.25) is 0 Å². The third-order valence-corrected chi connectivity index (χ3v) is 3.13. The number of nitrogen functional groups attached to an aromatic ring is 1. The maximum atomic E-state index is 5.33. The number of nitrogens with zero attached hydrogens (tertiary/aromatic N) is 1. The summed E-state index contributed by atoms with van der Waals surface area (Å²) in [7, 11) is 0. The van der Waals surface area contributed by atoms with Crippen LogP contribution in [0, 0.1) is 0 Å². The summed E-state index contributed by atoms with van der Waals surface area (Å²) in [4.78, 5) is 4.07. The van der Waals surface area contributed by atoms with E-state index >= 15 is 0 Å². The Morgan fingerprint density at radius 3 is 2.83 bits per heavy atom. The van der Waals surface area contributed by atoms with Crippen LogP contribution in [0.3, 0.4) is 0 Å². The molecule has 2 aromatic rings. The minimum absolute atomic E-state index is 0.204. The zero-order valence-electron chi connectivity index (χ0n) is 10.0. The summed E-state index contributed by atoms with van der Waals surface area (Å²) in [6.07, 6.45) is 1.71. The van der Waals surface area contributed by atoms with Crippen LogP contribution in [0.4, 0.5) is 11.5 Å². The number of benzene rings is 1. The molecule has 0 saturated heterocycles. The lowest BCUT2D eigenvalue weighted by Gasteiger charge is -2.16. The molecule has 2 rings (SSSR count). The Hall–Kier alpha value is -1.59. The fourth-order valence-corrected chi connectivity index (χ4v) is 2.13. The van der Waals surface area contributed by atoms with E-state index in [0.29, 0.717) is 5.82 Å². The number of aromatic nitrogens is 1. The quantitative estimate of drug-likeness (QED) is 0.599. The Morgan fingerprint density at radius 2 is 2.11 bits per heavy atom. The van der Waals surface area contributed by atoms with Gasteiger partial charge in [-0.15, -0.1) is 0 Å². The number of halogens is 1. The molecule has 1 aromatic heterocycles. The predicted octanol–water partition coefficient (Wildman–Crippen LogP) is 3.30. The first-order chi connectivity index (χ1) is 8.69. The van der Waals surface area contributed by atoms with E-state index < -0.39 is 0 Å². The van der Waals surface area contributed by atoms with Crippen LogP contribution in [0.2, 0.25) is 0 Å². The maximum Gasteiger partial charge on any atom is 0.141 e. The fraction of sp³-hybridized carbons (Fsp3) is 0.154. The van der Waals surface area contributed by atoms with E-state index in [1.165, 1.54) is 5.56 Å². The number of hydrazine groups is 1. The van der Waals surface area contributed by atoms with Gasteiger partial charge >= 0.3 is 0 Å². The summed E-state index contributed by atoms with van der Waals surface area (Å²) in [5.74, 6) is 5.97. The largest absolute Gasteiger partial charge is 0.378 e. The van der Waals surface area contributed by atoms with Crippen LogP contribution < -0.4 is 16.6 Å². The summed E-state index contributed by atoms with van der Waals surface area (Å²) in [5, 5.41) is 3.40. The summed E-state index contributed by atoms with van der Waals surface area (Å²) in [6.45, 7) is 2.11. The predicted molar refractivity (Wildman–Crippen MR) is 78.2 cm³/mol. The van der Waals surface area contributed by atoms with E-state index in [2.05, 4.69) is 50.7 Å². The van der Waals surface area contributed by atoms with Gasteiger partial charge in [0.05, 0.1) is 0 Å². The molecule has 0 aliphatic rings. The van der Waals surface area contributed by atoms with Gasteiger partial charge in [-0.05, 0) is 30.7 Å². The van der Waals surface area contributed by atoms with E-state index in [1.54, 1.807) is 6.20 Å². The molecule has 0 radical (unpaired) electrons. The molecule has 0 amide bonds. The number of nitrogens with two attached hydrogens (primary N) is 1. The smallest absolute Gasteiger partial charge is 0.141 e. The first-order valence-electron chi connectivity index (χ1n) is 5.63. The van der Waals surface area contributed by atoms with Crippen molar-refractivity contribution in [2.75, 3.05) is 10.7 Å². The highest BCUT2D eigenvalue weighted by Crippen LogP contribution is 2.22. The van der Waals surface area contributed by atoms with E-state index in [1.807, 2.05) is 24.3 Å². The molecule has 4 nitrogen and oxygen atoms in total. The molecular weight excluding hydrogens is 292 g/mol. The van der Waals surface area contributed by atoms with Crippen molar-refractivity contribution >= 4 is 27.4 Å². The molecule has 0 bridgehead atoms. The van der Waals surface area contributed by atoms with E-state index in [-0.39, 0.29) is 6.04 Å². The van der Waals surface area contributed by atoms with Gasteiger partial charge in [0.1, 0.15) is 5.82 Å². The zero-order chi connectivity index (χ0) is 13.0. The first kappa shape index (κ1) is 12.9. The maximum absolute atomic E-state index is 5.33. The van der Waals surface area contributed by atoms with Crippen LogP contribution in [-0.2, 0) is 0 Å². The van der Waals surface area contributed by atoms with Gasteiger partial charge in [0.2, 0.25) is 0 Å². The van der Waals surface area contributed by atoms with Crippen LogP contribution in [0.15, 0.2) is 47.1 Å². The van der Waals surface area contributed by atoms with Crippen molar-refractivity contribution in [2.45, 2.75) is 13.0 Å².